The van der Waals surface area contributed by atoms with Crippen LogP contribution in [0, 0.1) is 0 Å². The maximum Gasteiger partial charge on any atom is 0.334 e. The Labute approximate surface area is 109 Å². The molecule has 0 aromatic heterocycles. The van der Waals surface area contributed by atoms with Crippen LogP contribution in [-0.2, 0) is 9.53 Å². The van der Waals surface area contributed by atoms with Crippen LogP contribution in [0.3, 0.4) is 0 Å². The van der Waals surface area contributed by atoms with Gasteiger partial charge in [0.2, 0.25) is 0 Å². The Hall–Kier alpha value is -1.13. The number of benzene rings is 1. The van der Waals surface area contributed by atoms with Gasteiger partial charge in [-0.3, -0.25) is 0 Å². The molecule has 0 spiro atoms. The zero-order valence-electron chi connectivity index (χ0n) is 9.63. The molecule has 90 valence electrons. The number of hydrogen-bond donors (Lipinski definition) is 1. The molecule has 17 heavy (non-hydrogen) atoms. The number of rotatable bonds is 2. The highest BCUT2D eigenvalue weighted by molar-refractivity contribution is 9.10. The highest BCUT2D eigenvalue weighted by atomic mass is 79.9. The van der Waals surface area contributed by atoms with Crippen molar-refractivity contribution in [1.29, 1.82) is 0 Å². The monoisotopic (exact) mass is 295 g/mol. The van der Waals surface area contributed by atoms with Crippen LogP contribution in [0.25, 0.3) is 5.57 Å². The van der Waals surface area contributed by atoms with Crippen molar-refractivity contribution >= 4 is 27.5 Å². The van der Waals surface area contributed by atoms with Gasteiger partial charge in [-0.2, -0.15) is 0 Å². The lowest BCUT2D eigenvalue weighted by molar-refractivity contribution is -0.136. The molecule has 1 aromatic rings. The minimum atomic E-state index is -0.221. The SMILES string of the molecule is COC(=O)C1=C(c2cccc(Br)c2)CNCC1. The van der Waals surface area contributed by atoms with Gasteiger partial charge in [0.25, 0.3) is 0 Å². The van der Waals surface area contributed by atoms with Crippen molar-refractivity contribution < 1.29 is 9.53 Å². The zero-order valence-corrected chi connectivity index (χ0v) is 11.2. The van der Waals surface area contributed by atoms with Crippen molar-refractivity contribution in [1.82, 2.24) is 5.32 Å². The summed E-state index contributed by atoms with van der Waals surface area (Å²) >= 11 is 3.44. The van der Waals surface area contributed by atoms with Gasteiger partial charge in [-0.1, -0.05) is 28.1 Å². The van der Waals surface area contributed by atoms with Crippen LogP contribution < -0.4 is 5.32 Å². The summed E-state index contributed by atoms with van der Waals surface area (Å²) in [6.45, 7) is 1.53. The van der Waals surface area contributed by atoms with Crippen molar-refractivity contribution in [3.8, 4) is 0 Å². The van der Waals surface area contributed by atoms with Crippen LogP contribution >= 0.6 is 15.9 Å². The predicted molar refractivity (Wildman–Crippen MR) is 70.6 cm³/mol. The fourth-order valence-electron chi connectivity index (χ4n) is 1.99. The second-order valence-corrected chi connectivity index (χ2v) is 4.80. The summed E-state index contributed by atoms with van der Waals surface area (Å²) in [6.07, 6.45) is 0.717. The van der Waals surface area contributed by atoms with E-state index in [0.717, 1.165) is 27.7 Å². The standard InChI is InChI=1S/C13H14BrNO2/c1-17-13(16)11-5-6-15-8-12(11)9-3-2-4-10(14)7-9/h2-4,7,15H,5-6,8H2,1H3. The fraction of sp³-hybridized carbons (Fsp3) is 0.308. The Kier molecular flexibility index (Phi) is 3.97. The Morgan fingerprint density at radius 3 is 3.00 bits per heavy atom. The molecule has 1 aliphatic rings. The number of carbonyl (C=O) groups is 1. The average molecular weight is 296 g/mol. The Balaban J connectivity index is 2.45. The summed E-state index contributed by atoms with van der Waals surface area (Å²) in [7, 11) is 1.43. The number of nitrogens with one attached hydrogen (secondary N) is 1. The molecule has 0 amide bonds. The van der Waals surface area contributed by atoms with E-state index >= 15 is 0 Å². The van der Waals surface area contributed by atoms with Crippen molar-refractivity contribution in [2.45, 2.75) is 6.42 Å². The van der Waals surface area contributed by atoms with Crippen LogP contribution in [0.15, 0.2) is 34.3 Å². The smallest absolute Gasteiger partial charge is 0.334 e. The second-order valence-electron chi connectivity index (χ2n) is 3.89. The Morgan fingerprint density at radius 1 is 1.47 bits per heavy atom. The van der Waals surface area contributed by atoms with E-state index in [2.05, 4.69) is 21.2 Å². The molecule has 0 unspecified atom stereocenters. The van der Waals surface area contributed by atoms with Gasteiger partial charge in [0.15, 0.2) is 0 Å². The molecule has 3 nitrogen and oxygen atoms in total. The molecular weight excluding hydrogens is 282 g/mol. The first kappa shape index (κ1) is 12.3. The first-order valence-corrected chi connectivity index (χ1v) is 6.28. The van der Waals surface area contributed by atoms with Crippen molar-refractivity contribution in [2.24, 2.45) is 0 Å². The molecule has 1 aliphatic heterocycles. The minimum Gasteiger partial charge on any atom is -0.466 e. The van der Waals surface area contributed by atoms with Crippen molar-refractivity contribution in [3.63, 3.8) is 0 Å². The van der Waals surface area contributed by atoms with E-state index < -0.39 is 0 Å². The summed E-state index contributed by atoms with van der Waals surface area (Å²) in [5.41, 5.74) is 2.88. The van der Waals surface area contributed by atoms with Crippen LogP contribution in [-0.4, -0.2) is 26.2 Å². The third-order valence-corrected chi connectivity index (χ3v) is 3.32. The molecule has 0 saturated carbocycles. The maximum atomic E-state index is 11.7. The van der Waals surface area contributed by atoms with E-state index in [-0.39, 0.29) is 5.97 Å². The lowest BCUT2D eigenvalue weighted by atomic mass is 9.95. The van der Waals surface area contributed by atoms with Gasteiger partial charge >= 0.3 is 5.97 Å². The van der Waals surface area contributed by atoms with Crippen LogP contribution in [0.4, 0.5) is 0 Å². The first-order chi connectivity index (χ1) is 8.22. The Morgan fingerprint density at radius 2 is 2.29 bits per heavy atom. The van der Waals surface area contributed by atoms with E-state index in [1.165, 1.54) is 7.11 Å². The van der Waals surface area contributed by atoms with E-state index in [1.807, 2.05) is 24.3 Å². The highest BCUT2D eigenvalue weighted by Gasteiger charge is 2.20. The number of methoxy groups -OCH3 is 1. The van der Waals surface area contributed by atoms with Gasteiger partial charge in [0.1, 0.15) is 0 Å². The zero-order chi connectivity index (χ0) is 12.3. The summed E-state index contributed by atoms with van der Waals surface area (Å²) in [5, 5.41) is 3.28. The number of hydrogen-bond acceptors (Lipinski definition) is 3. The van der Waals surface area contributed by atoms with Crippen molar-refractivity contribution in [2.75, 3.05) is 20.2 Å². The van der Waals surface area contributed by atoms with Gasteiger partial charge < -0.3 is 10.1 Å². The highest BCUT2D eigenvalue weighted by Crippen LogP contribution is 2.26. The van der Waals surface area contributed by atoms with E-state index in [4.69, 9.17) is 4.74 Å². The number of esters is 1. The van der Waals surface area contributed by atoms with E-state index in [9.17, 15) is 4.79 Å². The number of halogens is 1. The topological polar surface area (TPSA) is 38.3 Å². The summed E-state index contributed by atoms with van der Waals surface area (Å²) in [6, 6.07) is 7.97. The van der Waals surface area contributed by atoms with E-state index in [1.54, 1.807) is 0 Å². The largest absolute Gasteiger partial charge is 0.466 e. The summed E-state index contributed by atoms with van der Waals surface area (Å²) < 4.78 is 5.85. The summed E-state index contributed by atoms with van der Waals surface area (Å²) in [5.74, 6) is -0.221. The molecule has 2 rings (SSSR count). The Bertz CT molecular complexity index is 468. The van der Waals surface area contributed by atoms with Crippen LogP contribution in [0.5, 0.6) is 0 Å². The second kappa shape index (κ2) is 5.47. The molecule has 0 aliphatic carbocycles. The molecular formula is C13H14BrNO2. The van der Waals surface area contributed by atoms with Crippen LogP contribution in [0.2, 0.25) is 0 Å². The third-order valence-electron chi connectivity index (χ3n) is 2.82. The predicted octanol–water partition coefficient (Wildman–Crippen LogP) is 2.37. The number of ether oxygens (including phenoxy) is 1. The lowest BCUT2D eigenvalue weighted by Crippen LogP contribution is -2.27. The molecule has 1 heterocycles. The van der Waals surface area contributed by atoms with Crippen LogP contribution in [0.1, 0.15) is 12.0 Å². The molecule has 1 aromatic carbocycles. The van der Waals surface area contributed by atoms with E-state index in [0.29, 0.717) is 13.0 Å². The van der Waals surface area contributed by atoms with Gasteiger partial charge in [0, 0.05) is 16.6 Å². The molecule has 0 bridgehead atoms. The lowest BCUT2D eigenvalue weighted by Gasteiger charge is -2.20. The minimum absolute atomic E-state index is 0.221. The molecule has 0 saturated heterocycles. The number of carbonyl (C=O) groups excluding carboxylic acids is 1. The van der Waals surface area contributed by atoms with Crippen molar-refractivity contribution in [3.05, 3.63) is 39.9 Å². The summed E-state index contributed by atoms with van der Waals surface area (Å²) in [4.78, 5) is 11.7. The van der Waals surface area contributed by atoms with Gasteiger partial charge in [-0.15, -0.1) is 0 Å². The molecule has 4 heteroatoms. The van der Waals surface area contributed by atoms with Gasteiger partial charge in [-0.05, 0) is 36.2 Å². The normalized spacial score (nSPS) is 15.9. The molecule has 0 radical (unpaired) electrons. The maximum absolute atomic E-state index is 11.7. The van der Waals surface area contributed by atoms with Gasteiger partial charge in [0.05, 0.1) is 7.11 Å². The molecule has 0 atom stereocenters. The fourth-order valence-corrected chi connectivity index (χ4v) is 2.38. The first-order valence-electron chi connectivity index (χ1n) is 5.49. The average Bonchev–Trinajstić information content (AvgIpc) is 2.38. The molecule has 1 N–H and O–H groups in total. The molecule has 0 fully saturated rings. The quantitative estimate of drug-likeness (QED) is 0.852. The van der Waals surface area contributed by atoms with Gasteiger partial charge in [-0.25, -0.2) is 4.79 Å². The third kappa shape index (κ3) is 2.76.